The van der Waals surface area contributed by atoms with Gasteiger partial charge in [-0.2, -0.15) is 0 Å². The van der Waals surface area contributed by atoms with E-state index in [-0.39, 0.29) is 11.9 Å². The molecule has 4 heteroatoms. The Morgan fingerprint density at radius 2 is 2.19 bits per heavy atom. The predicted molar refractivity (Wildman–Crippen MR) is 84.8 cm³/mol. The normalized spacial score (nSPS) is 29.3. The van der Waals surface area contributed by atoms with Crippen molar-refractivity contribution < 1.29 is 4.39 Å². The van der Waals surface area contributed by atoms with Gasteiger partial charge in [-0.3, -0.25) is 4.90 Å². The van der Waals surface area contributed by atoms with Gasteiger partial charge in [0.05, 0.1) is 6.04 Å². The molecule has 2 aliphatic carbocycles. The smallest absolute Gasteiger partial charge is 0.129 e. The van der Waals surface area contributed by atoms with E-state index in [1.807, 2.05) is 7.05 Å². The summed E-state index contributed by atoms with van der Waals surface area (Å²) in [5.74, 6) is 2.29. The lowest BCUT2D eigenvalue weighted by Crippen LogP contribution is -2.36. The van der Waals surface area contributed by atoms with Gasteiger partial charge in [0.1, 0.15) is 5.82 Å². The first kappa shape index (κ1) is 15.3. The van der Waals surface area contributed by atoms with Gasteiger partial charge in [-0.05, 0) is 56.2 Å². The van der Waals surface area contributed by atoms with Crippen LogP contribution in [0.4, 0.5) is 4.39 Å². The van der Waals surface area contributed by atoms with Crippen molar-refractivity contribution in [1.82, 2.24) is 4.90 Å². The number of benzene rings is 1. The third-order valence-corrected chi connectivity index (χ3v) is 5.82. The van der Waals surface area contributed by atoms with Gasteiger partial charge >= 0.3 is 0 Å². The molecule has 0 spiro atoms. The standard InChI is InChI=1S/C17H24ClFN2/c1-21(10-13-8-11-5-6-12(13)7-11)16(9-20)17-14(18)3-2-4-15(17)19/h2-4,11-13,16H,5-10,20H2,1H3. The Balaban J connectivity index is 1.73. The van der Waals surface area contributed by atoms with E-state index < -0.39 is 0 Å². The fraction of sp³-hybridized carbons (Fsp3) is 0.647. The topological polar surface area (TPSA) is 29.3 Å². The lowest BCUT2D eigenvalue weighted by atomic mass is 9.88. The van der Waals surface area contributed by atoms with Crippen molar-refractivity contribution in [3.63, 3.8) is 0 Å². The maximum Gasteiger partial charge on any atom is 0.129 e. The van der Waals surface area contributed by atoms with E-state index >= 15 is 0 Å². The van der Waals surface area contributed by atoms with Gasteiger partial charge in [0.25, 0.3) is 0 Å². The summed E-state index contributed by atoms with van der Waals surface area (Å²) in [6, 6.07) is 4.71. The first-order chi connectivity index (χ1) is 10.1. The van der Waals surface area contributed by atoms with Crippen molar-refractivity contribution in [2.24, 2.45) is 23.5 Å². The highest BCUT2D eigenvalue weighted by Crippen LogP contribution is 2.48. The molecule has 0 radical (unpaired) electrons. The first-order valence-electron chi connectivity index (χ1n) is 7.94. The van der Waals surface area contributed by atoms with Crippen LogP contribution in [0.5, 0.6) is 0 Å². The molecule has 0 saturated heterocycles. The van der Waals surface area contributed by atoms with E-state index in [2.05, 4.69) is 4.90 Å². The number of fused-ring (bicyclic) bond motifs is 2. The van der Waals surface area contributed by atoms with Crippen LogP contribution < -0.4 is 5.73 Å². The molecule has 0 aliphatic heterocycles. The highest BCUT2D eigenvalue weighted by Gasteiger charge is 2.40. The molecule has 2 saturated carbocycles. The molecule has 4 atom stereocenters. The summed E-state index contributed by atoms with van der Waals surface area (Å²) < 4.78 is 14.1. The van der Waals surface area contributed by atoms with Gasteiger partial charge in [-0.1, -0.05) is 24.1 Å². The van der Waals surface area contributed by atoms with Crippen LogP contribution in [0.25, 0.3) is 0 Å². The average Bonchev–Trinajstić information content (AvgIpc) is 3.05. The lowest BCUT2D eigenvalue weighted by Gasteiger charge is -2.33. The van der Waals surface area contributed by atoms with Crippen LogP contribution in [-0.4, -0.2) is 25.0 Å². The molecule has 3 rings (SSSR count). The van der Waals surface area contributed by atoms with E-state index in [1.165, 1.54) is 31.7 Å². The van der Waals surface area contributed by atoms with Crippen molar-refractivity contribution >= 4 is 11.6 Å². The fourth-order valence-electron chi connectivity index (χ4n) is 4.44. The monoisotopic (exact) mass is 310 g/mol. The van der Waals surface area contributed by atoms with Gasteiger partial charge in [0.2, 0.25) is 0 Å². The molecule has 2 aliphatic rings. The second kappa shape index (κ2) is 6.23. The van der Waals surface area contributed by atoms with Crippen LogP contribution >= 0.6 is 11.6 Å². The Bertz CT molecular complexity index is 487. The summed E-state index contributed by atoms with van der Waals surface area (Å²) >= 11 is 6.20. The molecule has 2 N–H and O–H groups in total. The Labute approximate surface area is 131 Å². The van der Waals surface area contributed by atoms with Gasteiger partial charge in [0, 0.05) is 23.7 Å². The van der Waals surface area contributed by atoms with Crippen LogP contribution in [0.2, 0.25) is 5.02 Å². The van der Waals surface area contributed by atoms with E-state index in [1.54, 1.807) is 12.1 Å². The highest BCUT2D eigenvalue weighted by atomic mass is 35.5. The summed E-state index contributed by atoms with van der Waals surface area (Å²) in [6.45, 7) is 1.38. The average molecular weight is 311 g/mol. The Morgan fingerprint density at radius 3 is 2.76 bits per heavy atom. The van der Waals surface area contributed by atoms with E-state index in [4.69, 9.17) is 17.3 Å². The van der Waals surface area contributed by atoms with Crippen LogP contribution in [0, 0.1) is 23.6 Å². The molecule has 2 fully saturated rings. The van der Waals surface area contributed by atoms with Gasteiger partial charge in [-0.25, -0.2) is 4.39 Å². The molecule has 21 heavy (non-hydrogen) atoms. The zero-order chi connectivity index (χ0) is 15.0. The van der Waals surface area contributed by atoms with Crippen molar-refractivity contribution in [1.29, 1.82) is 0 Å². The summed E-state index contributed by atoms with van der Waals surface area (Å²) in [5.41, 5.74) is 6.48. The molecule has 1 aromatic carbocycles. The van der Waals surface area contributed by atoms with Crippen LogP contribution in [0.1, 0.15) is 37.3 Å². The van der Waals surface area contributed by atoms with E-state index in [0.29, 0.717) is 17.1 Å². The Hall–Kier alpha value is -0.640. The Kier molecular flexibility index (Phi) is 4.53. The number of hydrogen-bond acceptors (Lipinski definition) is 2. The molecule has 1 aromatic rings. The summed E-state index contributed by atoms with van der Waals surface area (Å²) in [6.07, 6.45) is 5.50. The molecule has 0 aromatic heterocycles. The Morgan fingerprint density at radius 1 is 1.38 bits per heavy atom. The molecule has 116 valence electrons. The number of likely N-dealkylation sites (N-methyl/N-ethyl adjacent to an activating group) is 1. The number of hydrogen-bond donors (Lipinski definition) is 1. The van der Waals surface area contributed by atoms with Gasteiger partial charge in [-0.15, -0.1) is 0 Å². The number of halogens is 2. The van der Waals surface area contributed by atoms with Crippen LogP contribution in [-0.2, 0) is 0 Å². The summed E-state index contributed by atoms with van der Waals surface area (Å²) in [5, 5.41) is 0.477. The van der Waals surface area contributed by atoms with E-state index in [0.717, 1.165) is 24.3 Å². The van der Waals surface area contributed by atoms with Crippen molar-refractivity contribution in [2.45, 2.75) is 31.7 Å². The van der Waals surface area contributed by atoms with Gasteiger partial charge in [0.15, 0.2) is 0 Å². The minimum Gasteiger partial charge on any atom is -0.329 e. The van der Waals surface area contributed by atoms with Crippen molar-refractivity contribution in [3.05, 3.63) is 34.6 Å². The highest BCUT2D eigenvalue weighted by molar-refractivity contribution is 6.31. The zero-order valence-corrected chi connectivity index (χ0v) is 13.3. The van der Waals surface area contributed by atoms with Crippen LogP contribution in [0.15, 0.2) is 18.2 Å². The van der Waals surface area contributed by atoms with Crippen LogP contribution in [0.3, 0.4) is 0 Å². The fourth-order valence-corrected chi connectivity index (χ4v) is 4.73. The second-order valence-corrected chi connectivity index (χ2v) is 7.17. The quantitative estimate of drug-likeness (QED) is 0.895. The second-order valence-electron chi connectivity index (χ2n) is 6.76. The third-order valence-electron chi connectivity index (χ3n) is 5.50. The first-order valence-corrected chi connectivity index (χ1v) is 8.32. The van der Waals surface area contributed by atoms with E-state index in [9.17, 15) is 4.39 Å². The number of rotatable bonds is 5. The minimum absolute atomic E-state index is 0.141. The number of nitrogens with zero attached hydrogens (tertiary/aromatic N) is 1. The van der Waals surface area contributed by atoms with Gasteiger partial charge < -0.3 is 5.73 Å². The molecule has 2 bridgehead atoms. The molecule has 0 heterocycles. The van der Waals surface area contributed by atoms with Crippen molar-refractivity contribution in [2.75, 3.05) is 20.1 Å². The maximum atomic E-state index is 14.1. The maximum absolute atomic E-state index is 14.1. The molecule has 4 unspecified atom stereocenters. The predicted octanol–water partition coefficient (Wildman–Crippen LogP) is 3.85. The molecule has 0 amide bonds. The molecule has 2 nitrogen and oxygen atoms in total. The van der Waals surface area contributed by atoms with Crippen molar-refractivity contribution in [3.8, 4) is 0 Å². The molecular weight excluding hydrogens is 287 g/mol. The zero-order valence-electron chi connectivity index (χ0n) is 12.6. The number of nitrogens with two attached hydrogens (primary N) is 1. The largest absolute Gasteiger partial charge is 0.329 e. The summed E-state index contributed by atoms with van der Waals surface area (Å²) in [4.78, 5) is 2.20. The summed E-state index contributed by atoms with van der Waals surface area (Å²) in [7, 11) is 2.05. The molecular formula is C17H24ClFN2. The lowest BCUT2D eigenvalue weighted by molar-refractivity contribution is 0.173. The third kappa shape index (κ3) is 2.96. The SMILES string of the molecule is CN(CC1CC2CCC1C2)C(CN)c1c(F)cccc1Cl. The minimum atomic E-state index is -0.252.